The number of benzene rings is 3. The summed E-state index contributed by atoms with van der Waals surface area (Å²) in [5, 5.41) is 3.17. The van der Waals surface area contributed by atoms with E-state index < -0.39 is 11.8 Å². The summed E-state index contributed by atoms with van der Waals surface area (Å²) in [6, 6.07) is 19.7. The summed E-state index contributed by atoms with van der Waals surface area (Å²) in [4.78, 5) is 28.6. The van der Waals surface area contributed by atoms with Gasteiger partial charge in [-0.15, -0.1) is 0 Å². The summed E-state index contributed by atoms with van der Waals surface area (Å²) >= 11 is 0. The molecule has 0 aromatic heterocycles. The highest BCUT2D eigenvalue weighted by Crippen LogP contribution is 2.40. The molecule has 174 valence electrons. The molecule has 34 heavy (non-hydrogen) atoms. The Balaban J connectivity index is 1.86. The summed E-state index contributed by atoms with van der Waals surface area (Å²) < 4.78 is 16.5. The molecule has 0 saturated heterocycles. The van der Waals surface area contributed by atoms with Crippen LogP contribution in [0.4, 0.5) is 11.4 Å². The van der Waals surface area contributed by atoms with Crippen LogP contribution in [0, 0.1) is 6.92 Å². The number of carbonyl (C=O) groups excluding carboxylic acids is 2. The van der Waals surface area contributed by atoms with Crippen molar-refractivity contribution in [3.8, 4) is 17.2 Å². The highest BCUT2D eigenvalue weighted by atomic mass is 16.5. The van der Waals surface area contributed by atoms with E-state index in [-0.39, 0.29) is 11.3 Å². The lowest BCUT2D eigenvalue weighted by molar-refractivity contribution is -0.120. The van der Waals surface area contributed by atoms with Crippen molar-refractivity contribution >= 4 is 28.8 Å². The van der Waals surface area contributed by atoms with E-state index in [9.17, 15) is 9.59 Å². The van der Waals surface area contributed by atoms with Gasteiger partial charge in [0.05, 0.1) is 37.8 Å². The van der Waals surface area contributed by atoms with Crippen molar-refractivity contribution in [2.75, 3.05) is 31.0 Å². The van der Waals surface area contributed by atoms with E-state index in [0.717, 1.165) is 10.5 Å². The number of imide groups is 1. The van der Waals surface area contributed by atoms with Crippen LogP contribution in [0.25, 0.3) is 5.57 Å². The molecule has 0 saturated carbocycles. The maximum Gasteiger partial charge on any atom is 0.282 e. The van der Waals surface area contributed by atoms with Crippen LogP contribution in [0.15, 0.2) is 72.4 Å². The summed E-state index contributed by atoms with van der Waals surface area (Å²) in [7, 11) is 3.01. The number of carbonyl (C=O) groups is 2. The average Bonchev–Trinajstić information content (AvgIpc) is 3.09. The smallest absolute Gasteiger partial charge is 0.282 e. The van der Waals surface area contributed by atoms with Crippen LogP contribution in [0.2, 0.25) is 0 Å². The Kier molecular flexibility index (Phi) is 6.54. The number of nitrogens with one attached hydrogen (secondary N) is 1. The van der Waals surface area contributed by atoms with Crippen LogP contribution < -0.4 is 24.4 Å². The monoisotopic (exact) mass is 458 g/mol. The van der Waals surface area contributed by atoms with Gasteiger partial charge in [0.1, 0.15) is 22.9 Å². The molecule has 0 fully saturated rings. The molecular formula is C27H26N2O5. The number of nitrogens with zero attached hydrogens (tertiary/aromatic N) is 1. The lowest BCUT2D eigenvalue weighted by Crippen LogP contribution is -2.32. The van der Waals surface area contributed by atoms with Gasteiger partial charge < -0.3 is 19.5 Å². The molecule has 1 aliphatic heterocycles. The average molecular weight is 459 g/mol. The molecule has 0 aliphatic carbocycles. The first kappa shape index (κ1) is 22.9. The van der Waals surface area contributed by atoms with Crippen LogP contribution in [0.5, 0.6) is 17.2 Å². The molecular weight excluding hydrogens is 432 g/mol. The minimum absolute atomic E-state index is 0.158. The first-order valence-electron chi connectivity index (χ1n) is 10.9. The Morgan fingerprint density at radius 1 is 0.853 bits per heavy atom. The van der Waals surface area contributed by atoms with E-state index >= 15 is 0 Å². The number of para-hydroxylation sites is 2. The van der Waals surface area contributed by atoms with E-state index in [1.165, 1.54) is 14.2 Å². The number of anilines is 2. The third kappa shape index (κ3) is 4.20. The number of amides is 2. The lowest BCUT2D eigenvalue weighted by atomic mass is 10.0. The third-order valence-electron chi connectivity index (χ3n) is 5.50. The molecule has 1 N–H and O–H groups in total. The molecule has 1 heterocycles. The van der Waals surface area contributed by atoms with Gasteiger partial charge in [-0.05, 0) is 43.7 Å². The van der Waals surface area contributed by atoms with Crippen molar-refractivity contribution in [2.45, 2.75) is 13.8 Å². The first-order chi connectivity index (χ1) is 16.5. The predicted molar refractivity (Wildman–Crippen MR) is 131 cm³/mol. The number of methoxy groups -OCH3 is 2. The van der Waals surface area contributed by atoms with Gasteiger partial charge in [0.15, 0.2) is 0 Å². The van der Waals surface area contributed by atoms with Crippen molar-refractivity contribution in [1.29, 1.82) is 0 Å². The van der Waals surface area contributed by atoms with Crippen molar-refractivity contribution in [2.24, 2.45) is 0 Å². The number of hydrogen-bond acceptors (Lipinski definition) is 6. The van der Waals surface area contributed by atoms with Gasteiger partial charge in [0.25, 0.3) is 11.8 Å². The summed E-state index contributed by atoms with van der Waals surface area (Å²) in [5.74, 6) is 0.492. The molecule has 0 spiro atoms. The number of rotatable bonds is 8. The van der Waals surface area contributed by atoms with Gasteiger partial charge in [0.2, 0.25) is 0 Å². The second-order valence-corrected chi connectivity index (χ2v) is 7.65. The minimum Gasteiger partial charge on any atom is -0.497 e. The summed E-state index contributed by atoms with van der Waals surface area (Å²) in [6.45, 7) is 4.31. The molecule has 2 amide bonds. The largest absolute Gasteiger partial charge is 0.497 e. The van der Waals surface area contributed by atoms with Crippen molar-refractivity contribution in [1.82, 2.24) is 0 Å². The highest BCUT2D eigenvalue weighted by molar-refractivity contribution is 6.46. The first-order valence-corrected chi connectivity index (χ1v) is 10.9. The molecule has 3 aromatic carbocycles. The molecule has 7 nitrogen and oxygen atoms in total. The molecule has 3 aromatic rings. The van der Waals surface area contributed by atoms with Gasteiger partial charge in [0, 0.05) is 6.07 Å². The zero-order chi connectivity index (χ0) is 24.2. The van der Waals surface area contributed by atoms with Gasteiger partial charge in [-0.1, -0.05) is 42.0 Å². The molecule has 1 aliphatic rings. The fraction of sp³-hybridized carbons (Fsp3) is 0.185. The van der Waals surface area contributed by atoms with E-state index in [4.69, 9.17) is 14.2 Å². The van der Waals surface area contributed by atoms with E-state index in [0.29, 0.717) is 40.8 Å². The zero-order valence-electron chi connectivity index (χ0n) is 19.5. The normalized spacial score (nSPS) is 13.4. The highest BCUT2D eigenvalue weighted by Gasteiger charge is 2.41. The standard InChI is InChI=1S/C27H26N2O5/c1-5-34-22-9-7-6-8-20(22)28-25-24(18-12-10-17(2)11-13-18)26(30)29(27(25)31)21-16-19(32-3)14-15-23(21)33-4/h6-16,28H,5H2,1-4H3. The van der Waals surface area contributed by atoms with Crippen molar-refractivity contribution in [3.63, 3.8) is 0 Å². The Labute approximate surface area is 198 Å². The quantitative estimate of drug-likeness (QED) is 0.489. The maximum absolute atomic E-state index is 13.8. The van der Waals surface area contributed by atoms with Gasteiger partial charge in [-0.2, -0.15) is 0 Å². The Bertz CT molecular complexity index is 1260. The van der Waals surface area contributed by atoms with Crippen LogP contribution in [0.1, 0.15) is 18.1 Å². The Hall–Kier alpha value is -4.26. The van der Waals surface area contributed by atoms with Crippen LogP contribution >= 0.6 is 0 Å². The van der Waals surface area contributed by atoms with Crippen molar-refractivity contribution < 1.29 is 23.8 Å². The van der Waals surface area contributed by atoms with Crippen LogP contribution in [-0.4, -0.2) is 32.6 Å². The molecule has 4 rings (SSSR count). The van der Waals surface area contributed by atoms with Gasteiger partial charge in [-0.3, -0.25) is 9.59 Å². The van der Waals surface area contributed by atoms with Crippen LogP contribution in [-0.2, 0) is 9.59 Å². The minimum atomic E-state index is -0.501. The molecule has 0 radical (unpaired) electrons. The maximum atomic E-state index is 13.8. The van der Waals surface area contributed by atoms with E-state index in [1.54, 1.807) is 24.3 Å². The lowest BCUT2D eigenvalue weighted by Gasteiger charge is -2.19. The molecule has 0 unspecified atom stereocenters. The molecule has 7 heteroatoms. The third-order valence-corrected chi connectivity index (χ3v) is 5.50. The molecule has 0 atom stereocenters. The fourth-order valence-electron chi connectivity index (χ4n) is 3.81. The Morgan fingerprint density at radius 2 is 1.59 bits per heavy atom. The fourth-order valence-corrected chi connectivity index (χ4v) is 3.81. The second kappa shape index (κ2) is 9.70. The number of aryl methyl sites for hydroxylation is 1. The summed E-state index contributed by atoms with van der Waals surface area (Å²) in [5.41, 5.74) is 2.99. The SMILES string of the molecule is CCOc1ccccc1NC1=C(c2ccc(C)cc2)C(=O)N(c2cc(OC)ccc2OC)C1=O. The molecule has 0 bridgehead atoms. The summed E-state index contributed by atoms with van der Waals surface area (Å²) in [6.07, 6.45) is 0. The van der Waals surface area contributed by atoms with Gasteiger partial charge in [-0.25, -0.2) is 4.90 Å². The van der Waals surface area contributed by atoms with Gasteiger partial charge >= 0.3 is 0 Å². The van der Waals surface area contributed by atoms with Crippen LogP contribution in [0.3, 0.4) is 0 Å². The van der Waals surface area contributed by atoms with Crippen molar-refractivity contribution in [3.05, 3.63) is 83.6 Å². The predicted octanol–water partition coefficient (Wildman–Crippen LogP) is 4.81. The zero-order valence-corrected chi connectivity index (χ0v) is 19.5. The van der Waals surface area contributed by atoms with E-state index in [2.05, 4.69) is 5.32 Å². The van der Waals surface area contributed by atoms with E-state index in [1.807, 2.05) is 56.3 Å². The Morgan fingerprint density at radius 3 is 2.26 bits per heavy atom. The number of ether oxygens (including phenoxy) is 3. The topological polar surface area (TPSA) is 77.1 Å². The number of hydrogen-bond donors (Lipinski definition) is 1. The second-order valence-electron chi connectivity index (χ2n) is 7.65.